The average molecular weight is 159 g/mol. The summed E-state index contributed by atoms with van der Waals surface area (Å²) >= 11 is 0. The summed E-state index contributed by atoms with van der Waals surface area (Å²) in [6, 6.07) is 8.34. The molecule has 0 unspecified atom stereocenters. The van der Waals surface area contributed by atoms with Crippen LogP contribution in [0.3, 0.4) is 0 Å². The molecule has 0 nitrogen and oxygen atoms in total. The van der Waals surface area contributed by atoms with Crippen LogP contribution in [0.4, 0.5) is 0 Å². The number of rotatable bonds is 1. The van der Waals surface area contributed by atoms with Crippen molar-refractivity contribution in [3.63, 3.8) is 0 Å². The molecule has 0 saturated carbocycles. The van der Waals surface area contributed by atoms with Crippen LogP contribution in [0.15, 0.2) is 30.8 Å². The third-order valence-electron chi connectivity index (χ3n) is 1.93. The summed E-state index contributed by atoms with van der Waals surface area (Å²) in [6.07, 6.45) is 2.89. The minimum Gasteiger partial charge on any atom is -0.0906 e. The van der Waals surface area contributed by atoms with Crippen molar-refractivity contribution in [2.75, 3.05) is 0 Å². The van der Waals surface area contributed by atoms with E-state index in [9.17, 15) is 0 Å². The molecular formula is C12H15. The smallest absolute Gasteiger partial charge is 0.0132 e. The summed E-state index contributed by atoms with van der Waals surface area (Å²) in [6.45, 7) is 10.2. The molecule has 0 aromatic heterocycles. The second-order valence-corrected chi connectivity index (χ2v) is 4.01. The maximum atomic E-state index is 3.63. The van der Waals surface area contributed by atoms with Gasteiger partial charge < -0.3 is 0 Å². The van der Waals surface area contributed by atoms with Gasteiger partial charge in [-0.2, -0.15) is 0 Å². The lowest BCUT2D eigenvalue weighted by molar-refractivity contribution is 0.590. The molecule has 0 fully saturated rings. The molecule has 0 aliphatic carbocycles. The lowest BCUT2D eigenvalue weighted by Crippen LogP contribution is -2.10. The van der Waals surface area contributed by atoms with E-state index in [-0.39, 0.29) is 5.41 Å². The highest BCUT2D eigenvalue weighted by Gasteiger charge is 2.12. The fourth-order valence-electron chi connectivity index (χ4n) is 1.10. The van der Waals surface area contributed by atoms with E-state index >= 15 is 0 Å². The van der Waals surface area contributed by atoms with Crippen LogP contribution in [-0.4, -0.2) is 0 Å². The highest BCUT2D eigenvalue weighted by Crippen LogP contribution is 2.22. The van der Waals surface area contributed by atoms with Gasteiger partial charge in [0.2, 0.25) is 0 Å². The van der Waals surface area contributed by atoms with Gasteiger partial charge in [-0.3, -0.25) is 0 Å². The van der Waals surface area contributed by atoms with Gasteiger partial charge in [-0.15, -0.1) is 0 Å². The van der Waals surface area contributed by atoms with E-state index in [0.29, 0.717) is 0 Å². The van der Waals surface area contributed by atoms with Crippen molar-refractivity contribution < 1.29 is 0 Å². The normalized spacial score (nSPS) is 11.2. The summed E-state index contributed by atoms with van der Waals surface area (Å²) < 4.78 is 0. The Morgan fingerprint density at radius 2 is 1.92 bits per heavy atom. The SMILES string of the molecule is C=[C]c1cccc(C(C)(C)C)c1. The Hall–Kier alpha value is -1.04. The van der Waals surface area contributed by atoms with Crippen LogP contribution < -0.4 is 0 Å². The number of hydrogen-bond donors (Lipinski definition) is 0. The zero-order chi connectivity index (χ0) is 9.19. The molecule has 0 N–H and O–H groups in total. The van der Waals surface area contributed by atoms with E-state index in [4.69, 9.17) is 0 Å². The molecule has 1 rings (SSSR count). The van der Waals surface area contributed by atoms with Crippen LogP contribution in [0.25, 0.3) is 0 Å². The van der Waals surface area contributed by atoms with Gasteiger partial charge in [-0.25, -0.2) is 0 Å². The predicted molar refractivity (Wildman–Crippen MR) is 53.1 cm³/mol. The molecule has 0 atom stereocenters. The molecule has 0 heteroatoms. The summed E-state index contributed by atoms with van der Waals surface area (Å²) in [5, 5.41) is 0. The summed E-state index contributed by atoms with van der Waals surface area (Å²) in [4.78, 5) is 0. The lowest BCUT2D eigenvalue weighted by Gasteiger charge is -2.19. The largest absolute Gasteiger partial charge is 0.0906 e. The molecule has 63 valence electrons. The molecule has 1 aromatic rings. The van der Waals surface area contributed by atoms with Crippen molar-refractivity contribution >= 4 is 0 Å². The molecule has 0 saturated heterocycles. The monoisotopic (exact) mass is 159 g/mol. The van der Waals surface area contributed by atoms with Crippen molar-refractivity contribution in [3.05, 3.63) is 48.0 Å². The first-order valence-electron chi connectivity index (χ1n) is 4.17. The third kappa shape index (κ3) is 1.97. The Morgan fingerprint density at radius 1 is 1.25 bits per heavy atom. The average Bonchev–Trinajstić information content (AvgIpc) is 2.03. The first-order chi connectivity index (χ1) is 5.54. The quantitative estimate of drug-likeness (QED) is 0.589. The van der Waals surface area contributed by atoms with Crippen LogP contribution >= 0.6 is 0 Å². The van der Waals surface area contributed by atoms with E-state index in [2.05, 4.69) is 45.6 Å². The first kappa shape index (κ1) is 9.05. The van der Waals surface area contributed by atoms with Gasteiger partial charge in [0.25, 0.3) is 0 Å². The van der Waals surface area contributed by atoms with E-state index in [1.54, 1.807) is 0 Å². The topological polar surface area (TPSA) is 0 Å². The van der Waals surface area contributed by atoms with Crippen LogP contribution in [0.1, 0.15) is 31.9 Å². The Balaban J connectivity index is 3.10. The Bertz CT molecular complexity index is 276. The first-order valence-corrected chi connectivity index (χ1v) is 4.17. The summed E-state index contributed by atoms with van der Waals surface area (Å²) in [5.41, 5.74) is 2.62. The van der Waals surface area contributed by atoms with Gasteiger partial charge in [-0.1, -0.05) is 51.6 Å². The number of benzene rings is 1. The van der Waals surface area contributed by atoms with Crippen molar-refractivity contribution in [1.82, 2.24) is 0 Å². The van der Waals surface area contributed by atoms with Gasteiger partial charge in [0.15, 0.2) is 0 Å². The molecule has 0 aliphatic rings. The molecule has 0 bridgehead atoms. The Kier molecular flexibility index (Phi) is 2.37. The fraction of sp³-hybridized carbons (Fsp3) is 0.333. The van der Waals surface area contributed by atoms with Gasteiger partial charge in [-0.05, 0) is 22.6 Å². The molecule has 1 radical (unpaired) electrons. The van der Waals surface area contributed by atoms with Crippen LogP contribution in [-0.2, 0) is 5.41 Å². The Morgan fingerprint density at radius 3 is 2.42 bits per heavy atom. The minimum atomic E-state index is 0.215. The van der Waals surface area contributed by atoms with E-state index < -0.39 is 0 Å². The lowest BCUT2D eigenvalue weighted by atomic mass is 9.86. The van der Waals surface area contributed by atoms with Gasteiger partial charge in [0.05, 0.1) is 0 Å². The molecule has 0 aliphatic heterocycles. The third-order valence-corrected chi connectivity index (χ3v) is 1.93. The molecule has 0 spiro atoms. The maximum absolute atomic E-state index is 3.63. The fourth-order valence-corrected chi connectivity index (χ4v) is 1.10. The maximum Gasteiger partial charge on any atom is -0.0132 e. The minimum absolute atomic E-state index is 0.215. The van der Waals surface area contributed by atoms with Gasteiger partial charge in [0.1, 0.15) is 0 Å². The Labute approximate surface area is 74.9 Å². The second-order valence-electron chi connectivity index (χ2n) is 4.01. The molecule has 0 heterocycles. The predicted octanol–water partition coefficient (Wildman–Crippen LogP) is 3.32. The van der Waals surface area contributed by atoms with E-state index in [1.165, 1.54) is 5.56 Å². The standard InChI is InChI=1S/C12H15/c1-5-10-7-6-8-11(9-10)12(2,3)4/h6-9H,1H2,2-4H3. The van der Waals surface area contributed by atoms with Gasteiger partial charge in [0, 0.05) is 0 Å². The second kappa shape index (κ2) is 3.14. The van der Waals surface area contributed by atoms with Crippen molar-refractivity contribution in [3.8, 4) is 0 Å². The molecule has 12 heavy (non-hydrogen) atoms. The number of hydrogen-bond acceptors (Lipinski definition) is 0. The molecular weight excluding hydrogens is 144 g/mol. The van der Waals surface area contributed by atoms with Crippen LogP contribution in [0.5, 0.6) is 0 Å². The van der Waals surface area contributed by atoms with Crippen LogP contribution in [0.2, 0.25) is 0 Å². The highest BCUT2D eigenvalue weighted by molar-refractivity contribution is 5.31. The van der Waals surface area contributed by atoms with E-state index in [0.717, 1.165) is 5.56 Å². The van der Waals surface area contributed by atoms with Crippen LogP contribution in [0, 0.1) is 6.08 Å². The zero-order valence-corrected chi connectivity index (χ0v) is 8.02. The van der Waals surface area contributed by atoms with E-state index in [1.807, 2.05) is 12.1 Å². The van der Waals surface area contributed by atoms with Gasteiger partial charge >= 0.3 is 0 Å². The summed E-state index contributed by atoms with van der Waals surface area (Å²) in [5.74, 6) is 0. The molecule has 1 aromatic carbocycles. The summed E-state index contributed by atoms with van der Waals surface area (Å²) in [7, 11) is 0. The van der Waals surface area contributed by atoms with Crippen molar-refractivity contribution in [1.29, 1.82) is 0 Å². The van der Waals surface area contributed by atoms with Crippen molar-refractivity contribution in [2.45, 2.75) is 26.2 Å². The zero-order valence-electron chi connectivity index (χ0n) is 8.02. The highest BCUT2D eigenvalue weighted by atomic mass is 14.2. The van der Waals surface area contributed by atoms with Crippen molar-refractivity contribution in [2.24, 2.45) is 0 Å². The molecule has 0 amide bonds.